The van der Waals surface area contributed by atoms with Crippen LogP contribution >= 0.6 is 11.3 Å². The number of pyridine rings is 1. The van der Waals surface area contributed by atoms with Crippen molar-refractivity contribution < 1.29 is 4.74 Å². The molecule has 0 atom stereocenters. The van der Waals surface area contributed by atoms with Crippen LogP contribution in [-0.2, 0) is 4.74 Å². The molecule has 4 aromatic heterocycles. The van der Waals surface area contributed by atoms with Gasteiger partial charge >= 0.3 is 0 Å². The molecule has 1 aliphatic heterocycles. The summed E-state index contributed by atoms with van der Waals surface area (Å²) in [5.41, 5.74) is 3.94. The summed E-state index contributed by atoms with van der Waals surface area (Å²) >= 11 is 1.67. The number of hydrogen-bond donors (Lipinski definition) is 0. The van der Waals surface area contributed by atoms with E-state index in [0.29, 0.717) is 19.0 Å². The van der Waals surface area contributed by atoms with E-state index >= 15 is 0 Å². The Kier molecular flexibility index (Phi) is 4.19. The Hall–Kier alpha value is -2.97. The summed E-state index contributed by atoms with van der Waals surface area (Å²) in [7, 11) is 0. The first-order valence-corrected chi connectivity index (χ1v) is 9.56. The number of ether oxygens (including phenoxy) is 1. The molecule has 0 saturated carbocycles. The van der Waals surface area contributed by atoms with Crippen molar-refractivity contribution in [2.24, 2.45) is 0 Å². The zero-order chi connectivity index (χ0) is 18.1. The lowest BCUT2D eigenvalue weighted by Crippen LogP contribution is -2.36. The summed E-state index contributed by atoms with van der Waals surface area (Å²) in [4.78, 5) is 24.4. The first-order valence-electron chi connectivity index (χ1n) is 8.68. The second-order valence-corrected chi connectivity index (χ2v) is 7.04. The van der Waals surface area contributed by atoms with E-state index in [-0.39, 0.29) is 0 Å². The van der Waals surface area contributed by atoms with Crippen molar-refractivity contribution >= 4 is 27.4 Å². The van der Waals surface area contributed by atoms with E-state index in [4.69, 9.17) is 14.7 Å². The van der Waals surface area contributed by atoms with Crippen LogP contribution in [0, 0.1) is 0 Å². The van der Waals surface area contributed by atoms with E-state index in [2.05, 4.69) is 25.2 Å². The van der Waals surface area contributed by atoms with Gasteiger partial charge in [-0.15, -0.1) is 11.3 Å². The van der Waals surface area contributed by atoms with E-state index in [0.717, 1.165) is 45.8 Å². The van der Waals surface area contributed by atoms with Crippen LogP contribution in [-0.4, -0.2) is 51.2 Å². The molecule has 8 heteroatoms. The fourth-order valence-corrected chi connectivity index (χ4v) is 4.20. The molecule has 1 saturated heterocycles. The van der Waals surface area contributed by atoms with Crippen LogP contribution in [0.2, 0.25) is 0 Å². The number of morpholine rings is 1. The molecule has 0 N–H and O–H groups in total. The molecule has 0 aromatic carbocycles. The molecule has 0 aliphatic carbocycles. The predicted molar refractivity (Wildman–Crippen MR) is 105 cm³/mol. The van der Waals surface area contributed by atoms with Gasteiger partial charge in [0.2, 0.25) is 0 Å². The normalized spacial score (nSPS) is 14.6. The third-order valence-electron chi connectivity index (χ3n) is 4.52. The lowest BCUT2D eigenvalue weighted by molar-refractivity contribution is 0.122. The maximum atomic E-state index is 5.51. The highest BCUT2D eigenvalue weighted by Gasteiger charge is 2.21. The van der Waals surface area contributed by atoms with Gasteiger partial charge in [0.15, 0.2) is 11.6 Å². The number of nitrogens with zero attached hydrogens (tertiary/aromatic N) is 6. The van der Waals surface area contributed by atoms with Gasteiger partial charge in [-0.2, -0.15) is 0 Å². The van der Waals surface area contributed by atoms with E-state index < -0.39 is 0 Å². The Labute approximate surface area is 159 Å². The highest BCUT2D eigenvalue weighted by atomic mass is 32.1. The third kappa shape index (κ3) is 3.02. The van der Waals surface area contributed by atoms with Gasteiger partial charge in [-0.3, -0.25) is 4.98 Å². The van der Waals surface area contributed by atoms with Gasteiger partial charge < -0.3 is 9.64 Å². The second kappa shape index (κ2) is 6.98. The first kappa shape index (κ1) is 16.2. The molecule has 0 unspecified atom stereocenters. The zero-order valence-electron chi connectivity index (χ0n) is 14.4. The number of fused-ring (bicyclic) bond motifs is 1. The van der Waals surface area contributed by atoms with Crippen molar-refractivity contribution in [1.82, 2.24) is 24.9 Å². The summed E-state index contributed by atoms with van der Waals surface area (Å²) in [6.45, 7) is 3.05. The molecule has 7 nitrogen and oxygen atoms in total. The van der Waals surface area contributed by atoms with Crippen LogP contribution in [0.1, 0.15) is 0 Å². The molecule has 27 heavy (non-hydrogen) atoms. The highest BCUT2D eigenvalue weighted by molar-refractivity contribution is 7.18. The number of rotatable bonds is 3. The van der Waals surface area contributed by atoms with E-state index in [1.54, 1.807) is 36.1 Å². The SMILES string of the molecule is c1cc(-c2csc3c(N4CCOCC4)nc(-c4cncnc4)nc23)ccn1. The maximum absolute atomic E-state index is 5.51. The highest BCUT2D eigenvalue weighted by Crippen LogP contribution is 2.38. The quantitative estimate of drug-likeness (QED) is 0.544. The van der Waals surface area contributed by atoms with E-state index in [1.807, 2.05) is 12.1 Å². The molecule has 134 valence electrons. The Morgan fingerprint density at radius 3 is 2.48 bits per heavy atom. The van der Waals surface area contributed by atoms with Crippen molar-refractivity contribution in [1.29, 1.82) is 0 Å². The Bertz CT molecular complexity index is 1060. The third-order valence-corrected chi connectivity index (χ3v) is 5.48. The molecule has 5 heterocycles. The van der Waals surface area contributed by atoms with E-state index in [9.17, 15) is 0 Å². The van der Waals surface area contributed by atoms with Gasteiger partial charge in [0, 0.05) is 48.8 Å². The molecular weight excluding hydrogens is 360 g/mol. The van der Waals surface area contributed by atoms with Crippen LogP contribution in [0.15, 0.2) is 48.6 Å². The van der Waals surface area contributed by atoms with Crippen molar-refractivity contribution in [2.75, 3.05) is 31.2 Å². The minimum atomic E-state index is 0.637. The first-order chi connectivity index (χ1) is 13.4. The summed E-state index contributed by atoms with van der Waals surface area (Å²) in [5, 5.41) is 2.14. The molecule has 0 radical (unpaired) electrons. The van der Waals surface area contributed by atoms with Gasteiger partial charge in [-0.05, 0) is 17.7 Å². The fourth-order valence-electron chi connectivity index (χ4n) is 3.17. The Balaban J connectivity index is 1.73. The average molecular weight is 376 g/mol. The van der Waals surface area contributed by atoms with Gasteiger partial charge in [-0.1, -0.05) is 0 Å². The topological polar surface area (TPSA) is 76.9 Å². The Morgan fingerprint density at radius 1 is 0.926 bits per heavy atom. The molecule has 0 spiro atoms. The molecule has 1 fully saturated rings. The fraction of sp³-hybridized carbons (Fsp3) is 0.211. The number of aromatic nitrogens is 5. The molecule has 0 amide bonds. The van der Waals surface area contributed by atoms with Crippen molar-refractivity contribution in [3.05, 3.63) is 48.6 Å². The second-order valence-electron chi connectivity index (χ2n) is 6.16. The van der Waals surface area contributed by atoms with Crippen LogP contribution in [0.3, 0.4) is 0 Å². The minimum absolute atomic E-state index is 0.637. The van der Waals surface area contributed by atoms with Gasteiger partial charge in [0.05, 0.1) is 29.0 Å². The van der Waals surface area contributed by atoms with Crippen molar-refractivity contribution in [3.8, 4) is 22.5 Å². The molecule has 1 aliphatic rings. The summed E-state index contributed by atoms with van der Waals surface area (Å²) in [5.74, 6) is 1.59. The zero-order valence-corrected chi connectivity index (χ0v) is 15.3. The molecule has 0 bridgehead atoms. The van der Waals surface area contributed by atoms with Crippen LogP contribution < -0.4 is 4.90 Å². The number of thiophene rings is 1. The largest absolute Gasteiger partial charge is 0.378 e. The average Bonchev–Trinajstić information content (AvgIpc) is 3.19. The van der Waals surface area contributed by atoms with Crippen molar-refractivity contribution in [2.45, 2.75) is 0 Å². The summed E-state index contributed by atoms with van der Waals surface area (Å²) < 4.78 is 6.60. The monoisotopic (exact) mass is 376 g/mol. The molecule has 5 rings (SSSR count). The van der Waals surface area contributed by atoms with Crippen LogP contribution in [0.5, 0.6) is 0 Å². The lowest BCUT2D eigenvalue weighted by atomic mass is 10.1. The molecule has 4 aromatic rings. The van der Waals surface area contributed by atoms with Crippen LogP contribution in [0.25, 0.3) is 32.7 Å². The Morgan fingerprint density at radius 2 is 1.70 bits per heavy atom. The van der Waals surface area contributed by atoms with Gasteiger partial charge in [0.25, 0.3) is 0 Å². The molecular formula is C19H16N6OS. The van der Waals surface area contributed by atoms with Gasteiger partial charge in [0.1, 0.15) is 6.33 Å². The van der Waals surface area contributed by atoms with Crippen LogP contribution in [0.4, 0.5) is 5.82 Å². The summed E-state index contributed by atoms with van der Waals surface area (Å²) in [6, 6.07) is 4.01. The number of anilines is 1. The predicted octanol–water partition coefficient (Wildman–Crippen LogP) is 3.05. The standard InChI is InChI=1S/C19H16N6OS/c1-3-20-4-2-13(1)15-11-27-17-16(15)23-18(14-9-21-12-22-10-14)24-19(17)25-5-7-26-8-6-25/h1-4,9-12H,5-8H2. The minimum Gasteiger partial charge on any atom is -0.378 e. The van der Waals surface area contributed by atoms with Crippen molar-refractivity contribution in [3.63, 3.8) is 0 Å². The summed E-state index contributed by atoms with van der Waals surface area (Å²) in [6.07, 6.45) is 8.60. The number of hydrogen-bond acceptors (Lipinski definition) is 8. The smallest absolute Gasteiger partial charge is 0.165 e. The van der Waals surface area contributed by atoms with Gasteiger partial charge in [-0.25, -0.2) is 19.9 Å². The van der Waals surface area contributed by atoms with E-state index in [1.165, 1.54) is 6.33 Å². The maximum Gasteiger partial charge on any atom is 0.165 e. The lowest BCUT2D eigenvalue weighted by Gasteiger charge is -2.28.